The lowest BCUT2D eigenvalue weighted by Crippen LogP contribution is -2.43. The molecule has 0 amide bonds. The van der Waals surface area contributed by atoms with Crippen molar-refractivity contribution < 1.29 is 4.74 Å². The number of nitrogens with one attached hydrogen (secondary N) is 1. The highest BCUT2D eigenvalue weighted by Crippen LogP contribution is 2.19. The molecule has 0 spiro atoms. The molecule has 1 aliphatic heterocycles. The Kier molecular flexibility index (Phi) is 2.95. The highest BCUT2D eigenvalue weighted by atomic mass is 32.2. The second-order valence-electron chi connectivity index (χ2n) is 2.38. The van der Waals surface area contributed by atoms with E-state index >= 15 is 0 Å². The molecule has 0 aromatic rings. The van der Waals surface area contributed by atoms with Crippen LogP contribution in [0, 0.1) is 5.92 Å². The van der Waals surface area contributed by atoms with Gasteiger partial charge in [-0.1, -0.05) is 30.9 Å². The van der Waals surface area contributed by atoms with Gasteiger partial charge in [0, 0.05) is 18.8 Å². The first kappa shape index (κ1) is 8.30. The van der Waals surface area contributed by atoms with E-state index in [2.05, 4.69) is 12.2 Å². The lowest BCUT2D eigenvalue weighted by molar-refractivity contribution is 0.0546. The normalized spacial score (nSPS) is 33.6. The zero-order chi connectivity index (χ0) is 7.56. The van der Waals surface area contributed by atoms with Crippen molar-refractivity contribution in [1.29, 1.82) is 0 Å². The number of rotatable bonds is 1. The van der Waals surface area contributed by atoms with Crippen molar-refractivity contribution in [3.8, 4) is 0 Å². The van der Waals surface area contributed by atoms with Crippen molar-refractivity contribution in [1.82, 2.24) is 5.32 Å². The molecule has 1 fully saturated rings. The molecule has 1 N–H and O–H groups in total. The van der Waals surface area contributed by atoms with Crippen molar-refractivity contribution >= 4 is 28.3 Å². The largest absolute Gasteiger partial charge is 0.361 e. The van der Waals surface area contributed by atoms with Crippen molar-refractivity contribution in [2.45, 2.75) is 13.2 Å². The maximum atomic E-state index is 5.16. The Bertz CT molecular complexity index is 140. The number of thioether (sulfide) groups is 1. The lowest BCUT2D eigenvalue weighted by Gasteiger charge is -2.29. The van der Waals surface area contributed by atoms with Gasteiger partial charge in [-0.25, -0.2) is 0 Å². The predicted molar refractivity (Wildman–Crippen MR) is 48.2 cm³/mol. The third-order valence-corrected chi connectivity index (χ3v) is 3.05. The van der Waals surface area contributed by atoms with Crippen LogP contribution in [0.4, 0.5) is 0 Å². The minimum absolute atomic E-state index is 0.119. The smallest absolute Gasteiger partial charge is 0.135 e. The van der Waals surface area contributed by atoms with Gasteiger partial charge in [0.05, 0.1) is 0 Å². The van der Waals surface area contributed by atoms with E-state index in [1.165, 1.54) is 0 Å². The summed E-state index contributed by atoms with van der Waals surface area (Å²) < 4.78 is 6.01. The van der Waals surface area contributed by atoms with Gasteiger partial charge in [0.2, 0.25) is 0 Å². The van der Waals surface area contributed by atoms with Crippen LogP contribution in [0.5, 0.6) is 0 Å². The van der Waals surface area contributed by atoms with Gasteiger partial charge in [-0.2, -0.15) is 0 Å². The van der Waals surface area contributed by atoms with Gasteiger partial charge < -0.3 is 10.1 Å². The quantitative estimate of drug-likeness (QED) is 0.608. The predicted octanol–water partition coefficient (Wildman–Crippen LogP) is 1.22. The summed E-state index contributed by atoms with van der Waals surface area (Å²) >= 11 is 6.66. The molecule has 1 rings (SSSR count). The minimum Gasteiger partial charge on any atom is -0.361 e. The lowest BCUT2D eigenvalue weighted by atomic mass is 10.2. The summed E-state index contributed by atoms with van der Waals surface area (Å²) in [6.07, 6.45) is 0.119. The molecule has 4 heteroatoms. The molecule has 58 valence electrons. The highest BCUT2D eigenvalue weighted by Gasteiger charge is 2.22. The topological polar surface area (TPSA) is 21.3 Å². The molecule has 0 unspecified atom stereocenters. The van der Waals surface area contributed by atoms with Crippen LogP contribution in [0.1, 0.15) is 6.92 Å². The Morgan fingerprint density at radius 1 is 1.80 bits per heavy atom. The zero-order valence-corrected chi connectivity index (χ0v) is 7.72. The van der Waals surface area contributed by atoms with Crippen LogP contribution >= 0.6 is 24.0 Å². The molecular weight excluding hydrogens is 166 g/mol. The molecule has 10 heavy (non-hydrogen) atoms. The number of ether oxygens (including phenoxy) is 1. The van der Waals surface area contributed by atoms with Gasteiger partial charge in [-0.15, -0.1) is 0 Å². The van der Waals surface area contributed by atoms with Gasteiger partial charge in [-0.05, 0) is 0 Å². The fourth-order valence-corrected chi connectivity index (χ4v) is 1.99. The van der Waals surface area contributed by atoms with Crippen LogP contribution in [0.15, 0.2) is 0 Å². The minimum atomic E-state index is 0.119. The summed E-state index contributed by atoms with van der Waals surface area (Å²) in [5.41, 5.74) is 0. The first-order valence-electron chi connectivity index (χ1n) is 3.20. The number of hydrogen-bond donors (Lipinski definition) is 1. The average molecular weight is 177 g/mol. The van der Waals surface area contributed by atoms with E-state index in [1.54, 1.807) is 18.9 Å². The number of methoxy groups -OCH3 is 1. The second kappa shape index (κ2) is 3.55. The maximum Gasteiger partial charge on any atom is 0.135 e. The molecular formula is C6H11NOS2. The Balaban J connectivity index is 2.45. The molecule has 1 aliphatic rings. The van der Waals surface area contributed by atoms with Crippen molar-refractivity contribution in [3.63, 3.8) is 0 Å². The summed E-state index contributed by atoms with van der Waals surface area (Å²) in [5.74, 6) is 1.60. The molecule has 2 nitrogen and oxygen atoms in total. The first-order chi connectivity index (χ1) is 4.74. The highest BCUT2D eigenvalue weighted by molar-refractivity contribution is 8.23. The Labute approximate surface area is 70.7 Å². The van der Waals surface area contributed by atoms with Crippen molar-refractivity contribution in [2.75, 3.05) is 12.9 Å². The molecule has 0 aliphatic carbocycles. The van der Waals surface area contributed by atoms with E-state index in [-0.39, 0.29) is 6.23 Å². The molecule has 0 aromatic heterocycles. The van der Waals surface area contributed by atoms with E-state index < -0.39 is 0 Å². The molecule has 0 saturated carbocycles. The van der Waals surface area contributed by atoms with E-state index in [0.717, 1.165) is 10.1 Å². The van der Waals surface area contributed by atoms with E-state index in [4.69, 9.17) is 17.0 Å². The summed E-state index contributed by atoms with van der Waals surface area (Å²) in [5, 5.41) is 3.09. The molecule has 1 saturated heterocycles. The van der Waals surface area contributed by atoms with Crippen LogP contribution in [-0.2, 0) is 4.74 Å². The van der Waals surface area contributed by atoms with E-state index in [9.17, 15) is 0 Å². The zero-order valence-electron chi connectivity index (χ0n) is 6.09. The van der Waals surface area contributed by atoms with Crippen molar-refractivity contribution in [3.05, 3.63) is 0 Å². The van der Waals surface area contributed by atoms with Gasteiger partial charge in [-0.3, -0.25) is 0 Å². The standard InChI is InChI=1S/C6H11NOS2/c1-4-3-10-6(9)7-5(4)8-2/h4-5H,3H2,1-2H3,(H,7,9)/t4-,5+/m1/s1. The SMILES string of the molecule is CO[C@@H]1NC(=S)SC[C@H]1C. The van der Waals surface area contributed by atoms with Crippen LogP contribution in [0.25, 0.3) is 0 Å². The van der Waals surface area contributed by atoms with Gasteiger partial charge in [0.1, 0.15) is 10.5 Å². The maximum absolute atomic E-state index is 5.16. The Hall–Kier alpha value is 0.200. The fourth-order valence-electron chi connectivity index (χ4n) is 0.886. The fraction of sp³-hybridized carbons (Fsp3) is 0.833. The molecule has 0 bridgehead atoms. The van der Waals surface area contributed by atoms with E-state index in [0.29, 0.717) is 5.92 Å². The molecule has 0 aromatic carbocycles. The van der Waals surface area contributed by atoms with E-state index in [1.807, 2.05) is 0 Å². The third kappa shape index (κ3) is 1.84. The van der Waals surface area contributed by atoms with Gasteiger partial charge >= 0.3 is 0 Å². The number of hydrogen-bond acceptors (Lipinski definition) is 3. The van der Waals surface area contributed by atoms with Crippen LogP contribution < -0.4 is 5.32 Å². The molecule has 0 radical (unpaired) electrons. The Morgan fingerprint density at radius 3 is 3.00 bits per heavy atom. The van der Waals surface area contributed by atoms with Gasteiger partial charge in [0.25, 0.3) is 0 Å². The summed E-state index contributed by atoms with van der Waals surface area (Å²) in [4.78, 5) is 0. The first-order valence-corrected chi connectivity index (χ1v) is 4.59. The summed E-state index contributed by atoms with van der Waals surface area (Å²) in [7, 11) is 1.70. The van der Waals surface area contributed by atoms with Gasteiger partial charge in [0.15, 0.2) is 0 Å². The van der Waals surface area contributed by atoms with Crippen molar-refractivity contribution in [2.24, 2.45) is 5.92 Å². The number of thiocarbonyl (C=S) groups is 1. The molecule has 2 atom stereocenters. The summed E-state index contributed by atoms with van der Waals surface area (Å²) in [6.45, 7) is 2.15. The van der Waals surface area contributed by atoms with Crippen LogP contribution in [0.2, 0.25) is 0 Å². The monoisotopic (exact) mass is 177 g/mol. The Morgan fingerprint density at radius 2 is 2.50 bits per heavy atom. The average Bonchev–Trinajstić information content (AvgIpc) is 1.94. The summed E-state index contributed by atoms with van der Waals surface area (Å²) in [6, 6.07) is 0. The van der Waals surface area contributed by atoms with Crippen LogP contribution in [0.3, 0.4) is 0 Å². The third-order valence-electron chi connectivity index (χ3n) is 1.51. The molecule has 1 heterocycles. The van der Waals surface area contributed by atoms with Crippen LogP contribution in [-0.4, -0.2) is 23.4 Å². The second-order valence-corrected chi connectivity index (χ2v) is 4.07.